The minimum Gasteiger partial charge on any atom is -0.470 e. The Labute approximate surface area is 79.4 Å². The maximum Gasteiger partial charge on any atom is 0.100 e. The molecule has 3 heteroatoms. The fourth-order valence-electron chi connectivity index (χ4n) is 0.832. The predicted octanol–water partition coefficient (Wildman–Crippen LogP) is 1.19. The van der Waals surface area contributed by atoms with Crippen molar-refractivity contribution < 1.29 is 9.84 Å². The summed E-state index contributed by atoms with van der Waals surface area (Å²) in [4.78, 5) is 0. The summed E-state index contributed by atoms with van der Waals surface area (Å²) >= 11 is 0. The Kier molecular flexibility index (Phi) is 6.96. The average Bonchev–Trinajstić information content (AvgIpc) is 2.05. The second-order valence-corrected chi connectivity index (χ2v) is 2.60. The molecule has 0 unspecified atom stereocenters. The van der Waals surface area contributed by atoms with Crippen molar-refractivity contribution in [3.63, 3.8) is 0 Å². The van der Waals surface area contributed by atoms with E-state index in [1.807, 2.05) is 13.0 Å². The Morgan fingerprint density at radius 1 is 1.62 bits per heavy atom. The maximum absolute atomic E-state index is 8.50. The largest absolute Gasteiger partial charge is 0.470 e. The zero-order valence-corrected chi connectivity index (χ0v) is 8.05. The van der Waals surface area contributed by atoms with Crippen molar-refractivity contribution in [1.29, 1.82) is 0 Å². The van der Waals surface area contributed by atoms with Gasteiger partial charge in [-0.15, -0.1) is 0 Å². The third-order valence-corrected chi connectivity index (χ3v) is 1.32. The molecule has 13 heavy (non-hydrogen) atoms. The van der Waals surface area contributed by atoms with Crippen LogP contribution in [0.3, 0.4) is 0 Å². The molecule has 2 N–H and O–H groups in total. The van der Waals surface area contributed by atoms with Gasteiger partial charge in [-0.25, -0.2) is 0 Å². The van der Waals surface area contributed by atoms with Crippen LogP contribution in [0.5, 0.6) is 0 Å². The van der Waals surface area contributed by atoms with Gasteiger partial charge in [0.25, 0.3) is 0 Å². The summed E-state index contributed by atoms with van der Waals surface area (Å²) in [6.07, 6.45) is 3.20. The number of rotatable bonds is 7. The van der Waals surface area contributed by atoms with E-state index in [4.69, 9.17) is 9.84 Å². The number of aliphatic hydroxyl groups is 1. The molecular formula is C10H17NO2. The molecule has 3 nitrogen and oxygen atoms in total. The molecule has 0 fully saturated rings. The summed E-state index contributed by atoms with van der Waals surface area (Å²) in [6.45, 7) is 10.5. The van der Waals surface area contributed by atoms with Crippen LogP contribution in [-0.2, 0) is 4.74 Å². The minimum atomic E-state index is 0.138. The number of allylic oxidation sites excluding steroid dienone is 1. The monoisotopic (exact) mass is 183 g/mol. The molecule has 0 radical (unpaired) electrons. The number of hydrogen-bond donors (Lipinski definition) is 2. The van der Waals surface area contributed by atoms with Gasteiger partial charge in [0, 0.05) is 13.1 Å². The lowest BCUT2D eigenvalue weighted by Gasteiger charge is -2.03. The molecule has 0 bridgehead atoms. The quantitative estimate of drug-likeness (QED) is 0.354. The van der Waals surface area contributed by atoms with Gasteiger partial charge in [0.2, 0.25) is 0 Å². The van der Waals surface area contributed by atoms with Crippen molar-refractivity contribution in [3.8, 4) is 0 Å². The van der Waals surface area contributed by atoms with Crippen LogP contribution >= 0.6 is 0 Å². The first kappa shape index (κ1) is 11.9. The second kappa shape index (κ2) is 7.58. The summed E-state index contributed by atoms with van der Waals surface area (Å²) in [6, 6.07) is 0. The van der Waals surface area contributed by atoms with E-state index in [0.29, 0.717) is 13.1 Å². The van der Waals surface area contributed by atoms with Crippen molar-refractivity contribution in [2.24, 2.45) is 0 Å². The van der Waals surface area contributed by atoms with Crippen molar-refractivity contribution >= 4 is 0 Å². The lowest BCUT2D eigenvalue weighted by Crippen LogP contribution is -2.20. The lowest BCUT2D eigenvalue weighted by molar-refractivity contribution is 0.294. The van der Waals surface area contributed by atoms with E-state index < -0.39 is 0 Å². The first-order chi connectivity index (χ1) is 6.20. The lowest BCUT2D eigenvalue weighted by atomic mass is 10.2. The zero-order chi connectivity index (χ0) is 10.1. The summed E-state index contributed by atoms with van der Waals surface area (Å²) < 4.78 is 5.01. The van der Waals surface area contributed by atoms with Crippen LogP contribution < -0.4 is 5.32 Å². The fourth-order valence-corrected chi connectivity index (χ4v) is 0.832. The zero-order valence-electron chi connectivity index (χ0n) is 8.05. The van der Waals surface area contributed by atoms with Crippen molar-refractivity contribution in [1.82, 2.24) is 5.32 Å². The molecular weight excluding hydrogens is 166 g/mol. The van der Waals surface area contributed by atoms with Gasteiger partial charge in [0.15, 0.2) is 0 Å². The van der Waals surface area contributed by atoms with E-state index in [0.717, 1.165) is 11.3 Å². The number of hydrogen-bond acceptors (Lipinski definition) is 3. The predicted molar refractivity (Wildman–Crippen MR) is 54.1 cm³/mol. The van der Waals surface area contributed by atoms with Crippen LogP contribution in [0.15, 0.2) is 36.8 Å². The minimum absolute atomic E-state index is 0.138. The molecule has 0 heterocycles. The van der Waals surface area contributed by atoms with E-state index in [9.17, 15) is 0 Å². The van der Waals surface area contributed by atoms with E-state index in [1.165, 1.54) is 6.26 Å². The molecule has 0 rings (SSSR count). The Hall–Kier alpha value is -1.06. The molecule has 0 saturated carbocycles. The first-order valence-electron chi connectivity index (χ1n) is 4.16. The van der Waals surface area contributed by atoms with Gasteiger partial charge in [-0.3, -0.25) is 0 Å². The molecule has 0 aromatic heterocycles. The highest BCUT2D eigenvalue weighted by Gasteiger charge is 1.91. The van der Waals surface area contributed by atoms with Gasteiger partial charge in [0.1, 0.15) is 5.76 Å². The van der Waals surface area contributed by atoms with Crippen LogP contribution in [0.4, 0.5) is 0 Å². The summed E-state index contributed by atoms with van der Waals surface area (Å²) in [5.41, 5.74) is 0.910. The molecule has 0 aromatic carbocycles. The van der Waals surface area contributed by atoms with Crippen LogP contribution in [-0.4, -0.2) is 24.8 Å². The molecule has 0 atom stereocenters. The second-order valence-electron chi connectivity index (χ2n) is 2.60. The Balaban J connectivity index is 3.71. The van der Waals surface area contributed by atoms with Crippen LogP contribution in [0.25, 0.3) is 0 Å². The number of ether oxygens (including phenoxy) is 1. The molecule has 0 aliphatic carbocycles. The van der Waals surface area contributed by atoms with Gasteiger partial charge in [-0.2, -0.15) is 0 Å². The normalized spacial score (nSPS) is 11.1. The Morgan fingerprint density at radius 3 is 2.85 bits per heavy atom. The molecule has 0 spiro atoms. The third kappa shape index (κ3) is 7.31. The van der Waals surface area contributed by atoms with E-state index in [1.54, 1.807) is 0 Å². The summed E-state index contributed by atoms with van der Waals surface area (Å²) in [7, 11) is 0. The van der Waals surface area contributed by atoms with Crippen molar-refractivity contribution in [3.05, 3.63) is 36.8 Å². The molecule has 74 valence electrons. The fraction of sp³-hybridized carbons (Fsp3) is 0.400. The number of nitrogens with one attached hydrogen (secondary N) is 1. The number of aliphatic hydroxyl groups excluding tert-OH is 1. The highest BCUT2D eigenvalue weighted by atomic mass is 16.5. The summed E-state index contributed by atoms with van der Waals surface area (Å²) in [5, 5.41) is 11.5. The Bertz CT molecular complexity index is 197. The van der Waals surface area contributed by atoms with Crippen LogP contribution in [0.2, 0.25) is 0 Å². The van der Waals surface area contributed by atoms with E-state index in [-0.39, 0.29) is 6.61 Å². The maximum atomic E-state index is 8.50. The van der Waals surface area contributed by atoms with Gasteiger partial charge >= 0.3 is 0 Å². The highest BCUT2D eigenvalue weighted by Crippen LogP contribution is 2.00. The highest BCUT2D eigenvalue weighted by molar-refractivity contribution is 5.18. The molecule has 0 amide bonds. The van der Waals surface area contributed by atoms with Crippen LogP contribution in [0, 0.1) is 0 Å². The van der Waals surface area contributed by atoms with E-state index in [2.05, 4.69) is 18.5 Å². The standard InChI is InChI=1S/C10H17NO2/c1-4-13-10(3)7-9(2)8-11-5-6-12/h4,7,11-12H,1-2,5-6,8H2,3H3/b10-7+. The van der Waals surface area contributed by atoms with Gasteiger partial charge in [-0.05, 0) is 18.6 Å². The third-order valence-electron chi connectivity index (χ3n) is 1.32. The van der Waals surface area contributed by atoms with Crippen molar-refractivity contribution in [2.75, 3.05) is 19.7 Å². The van der Waals surface area contributed by atoms with E-state index >= 15 is 0 Å². The smallest absolute Gasteiger partial charge is 0.100 e. The molecule has 0 aromatic rings. The first-order valence-corrected chi connectivity index (χ1v) is 4.16. The summed E-state index contributed by atoms with van der Waals surface area (Å²) in [5.74, 6) is 0.755. The van der Waals surface area contributed by atoms with Gasteiger partial charge in [-0.1, -0.05) is 13.2 Å². The van der Waals surface area contributed by atoms with Crippen LogP contribution in [0.1, 0.15) is 6.92 Å². The SMILES string of the molecule is C=CO/C(C)=C/C(=C)CNCCO. The van der Waals surface area contributed by atoms with Crippen molar-refractivity contribution in [2.45, 2.75) is 6.92 Å². The Morgan fingerprint density at radius 2 is 2.31 bits per heavy atom. The topological polar surface area (TPSA) is 41.5 Å². The molecule has 0 aliphatic heterocycles. The van der Waals surface area contributed by atoms with Gasteiger partial charge < -0.3 is 15.2 Å². The van der Waals surface area contributed by atoms with Gasteiger partial charge in [0.05, 0.1) is 12.9 Å². The molecule has 0 aliphatic rings. The average molecular weight is 183 g/mol. The molecule has 0 saturated heterocycles.